The van der Waals surface area contributed by atoms with Crippen LogP contribution in [0, 0.1) is 0 Å². The van der Waals surface area contributed by atoms with Gasteiger partial charge in [-0.1, -0.05) is 0 Å². The number of rotatable bonds is 6. The minimum atomic E-state index is -0.248. The summed E-state index contributed by atoms with van der Waals surface area (Å²) in [7, 11) is 3.47. The van der Waals surface area contributed by atoms with Gasteiger partial charge < -0.3 is 24.6 Å². The van der Waals surface area contributed by atoms with E-state index in [9.17, 15) is 9.90 Å². The Morgan fingerprint density at radius 1 is 1.48 bits per heavy atom. The number of furan rings is 1. The zero-order valence-corrected chi connectivity index (χ0v) is 14.5. The van der Waals surface area contributed by atoms with Gasteiger partial charge in [0, 0.05) is 26.7 Å². The van der Waals surface area contributed by atoms with Crippen molar-refractivity contribution in [3.63, 3.8) is 0 Å². The molecule has 2 aromatic heterocycles. The normalized spacial score (nSPS) is 16.9. The van der Waals surface area contributed by atoms with E-state index < -0.39 is 0 Å². The molecule has 0 bridgehead atoms. The van der Waals surface area contributed by atoms with Crippen molar-refractivity contribution < 1.29 is 14.3 Å². The molecule has 0 aliphatic carbocycles. The molecule has 25 heavy (non-hydrogen) atoms. The summed E-state index contributed by atoms with van der Waals surface area (Å²) in [5, 5.41) is 12.0. The first-order valence-electron chi connectivity index (χ1n) is 8.34. The maximum absolute atomic E-state index is 11.6. The van der Waals surface area contributed by atoms with Crippen molar-refractivity contribution in [2.24, 2.45) is 0 Å². The molecular weight excluding hydrogens is 322 g/mol. The van der Waals surface area contributed by atoms with Crippen LogP contribution in [-0.4, -0.2) is 54.3 Å². The van der Waals surface area contributed by atoms with Crippen molar-refractivity contribution in [2.75, 3.05) is 37.0 Å². The number of carbonyl (C=O) groups excluding carboxylic acids is 1. The van der Waals surface area contributed by atoms with E-state index in [4.69, 9.17) is 4.42 Å². The molecule has 0 unspecified atom stereocenters. The van der Waals surface area contributed by atoms with E-state index in [0.717, 1.165) is 31.0 Å². The average molecular weight is 345 g/mol. The highest BCUT2D eigenvalue weighted by molar-refractivity contribution is 5.91. The van der Waals surface area contributed by atoms with Crippen molar-refractivity contribution in [1.82, 2.24) is 15.3 Å². The van der Waals surface area contributed by atoms with E-state index in [0.29, 0.717) is 12.3 Å². The Hall–Kier alpha value is -2.61. The van der Waals surface area contributed by atoms with Crippen molar-refractivity contribution >= 4 is 17.5 Å². The summed E-state index contributed by atoms with van der Waals surface area (Å²) in [6, 6.07) is 5.47. The second-order valence-electron chi connectivity index (χ2n) is 6.11. The highest BCUT2D eigenvalue weighted by Gasteiger charge is 2.25. The van der Waals surface area contributed by atoms with Crippen LogP contribution >= 0.6 is 0 Å². The summed E-state index contributed by atoms with van der Waals surface area (Å²) >= 11 is 0. The van der Waals surface area contributed by atoms with Crippen LogP contribution in [0.5, 0.6) is 0 Å². The number of hydrogen-bond acceptors (Lipinski definition) is 7. The number of nitrogens with zero attached hydrogens (tertiary/aromatic N) is 4. The quantitative estimate of drug-likeness (QED) is 0.807. The Balaban J connectivity index is 1.72. The number of hydrogen-bond donors (Lipinski definition) is 2. The lowest BCUT2D eigenvalue weighted by atomic mass is 10.2. The van der Waals surface area contributed by atoms with Gasteiger partial charge in [-0.05, 0) is 25.0 Å². The number of aromatic nitrogens is 2. The van der Waals surface area contributed by atoms with Gasteiger partial charge in [0.2, 0.25) is 0 Å². The van der Waals surface area contributed by atoms with E-state index in [-0.39, 0.29) is 24.3 Å². The topological polar surface area (TPSA) is 94.7 Å². The molecule has 3 rings (SSSR count). The predicted octanol–water partition coefficient (Wildman–Crippen LogP) is 1.03. The molecule has 134 valence electrons. The molecule has 0 radical (unpaired) electrons. The van der Waals surface area contributed by atoms with E-state index in [1.54, 1.807) is 19.2 Å². The maximum atomic E-state index is 11.6. The van der Waals surface area contributed by atoms with Crippen LogP contribution in [0.2, 0.25) is 0 Å². The fraction of sp³-hybridized carbons (Fsp3) is 0.471. The van der Waals surface area contributed by atoms with E-state index in [1.165, 1.54) is 6.33 Å². The number of anilines is 2. The highest BCUT2D eigenvalue weighted by atomic mass is 16.4. The lowest BCUT2D eigenvalue weighted by Gasteiger charge is -2.25. The molecule has 0 spiro atoms. The fourth-order valence-electron chi connectivity index (χ4n) is 3.05. The summed E-state index contributed by atoms with van der Waals surface area (Å²) in [5.41, 5.74) is 0. The fourth-order valence-corrected chi connectivity index (χ4v) is 3.05. The first-order valence-corrected chi connectivity index (χ1v) is 8.34. The summed E-state index contributed by atoms with van der Waals surface area (Å²) in [4.78, 5) is 24.3. The Labute approximate surface area is 146 Å². The van der Waals surface area contributed by atoms with Gasteiger partial charge in [-0.3, -0.25) is 4.79 Å². The van der Waals surface area contributed by atoms with Gasteiger partial charge in [0.25, 0.3) is 5.91 Å². The minimum absolute atomic E-state index is 0.119. The van der Waals surface area contributed by atoms with Crippen LogP contribution in [-0.2, 0) is 6.54 Å². The smallest absolute Gasteiger partial charge is 0.286 e. The van der Waals surface area contributed by atoms with Gasteiger partial charge in [0.1, 0.15) is 23.7 Å². The Bertz CT molecular complexity index is 733. The van der Waals surface area contributed by atoms with Gasteiger partial charge >= 0.3 is 0 Å². The van der Waals surface area contributed by atoms with Crippen LogP contribution in [0.3, 0.4) is 0 Å². The molecule has 8 heteroatoms. The SMILES string of the molecule is CNC(=O)c1ccc(CN(C)c2cc(N3CCC[C@H]3CO)ncn2)o1. The molecule has 1 aliphatic heterocycles. The summed E-state index contributed by atoms with van der Waals surface area (Å²) in [5.74, 6) is 2.29. The number of aliphatic hydroxyl groups is 1. The maximum Gasteiger partial charge on any atom is 0.286 e. The van der Waals surface area contributed by atoms with Crippen LogP contribution in [0.1, 0.15) is 29.2 Å². The first-order chi connectivity index (χ1) is 12.1. The molecule has 1 atom stereocenters. The lowest BCUT2D eigenvalue weighted by Crippen LogP contribution is -2.33. The van der Waals surface area contributed by atoms with Gasteiger partial charge in [0.15, 0.2) is 5.76 Å². The van der Waals surface area contributed by atoms with Crippen molar-refractivity contribution in [3.8, 4) is 0 Å². The number of amides is 1. The van der Waals surface area contributed by atoms with Crippen molar-refractivity contribution in [2.45, 2.75) is 25.4 Å². The highest BCUT2D eigenvalue weighted by Crippen LogP contribution is 2.26. The van der Waals surface area contributed by atoms with Gasteiger partial charge in [-0.2, -0.15) is 0 Å². The van der Waals surface area contributed by atoms with Gasteiger partial charge in [-0.25, -0.2) is 9.97 Å². The molecule has 0 aromatic carbocycles. The Kier molecular flexibility index (Phi) is 5.18. The molecule has 2 aromatic rings. The van der Waals surface area contributed by atoms with E-state index in [1.807, 2.05) is 18.0 Å². The molecule has 0 saturated carbocycles. The second kappa shape index (κ2) is 7.52. The van der Waals surface area contributed by atoms with E-state index >= 15 is 0 Å². The zero-order chi connectivity index (χ0) is 17.8. The van der Waals surface area contributed by atoms with E-state index in [2.05, 4.69) is 20.2 Å². The lowest BCUT2D eigenvalue weighted by molar-refractivity contribution is 0.0934. The van der Waals surface area contributed by atoms with Crippen molar-refractivity contribution in [3.05, 3.63) is 36.0 Å². The Morgan fingerprint density at radius 3 is 3.08 bits per heavy atom. The molecule has 1 fully saturated rings. The average Bonchev–Trinajstić information content (AvgIpc) is 3.30. The standard InChI is InChI=1S/C17H23N5O3/c1-18-17(24)14-6-5-13(25-14)9-21(2)15-8-16(20-11-19-15)22-7-3-4-12(22)10-23/h5-6,8,11-12,23H,3-4,7,9-10H2,1-2H3,(H,18,24)/t12-/m0/s1. The van der Waals surface area contributed by atoms with Crippen LogP contribution in [0.25, 0.3) is 0 Å². The van der Waals surface area contributed by atoms with Crippen LogP contribution in [0.4, 0.5) is 11.6 Å². The molecule has 2 N–H and O–H groups in total. The van der Waals surface area contributed by atoms with Gasteiger partial charge in [-0.15, -0.1) is 0 Å². The minimum Gasteiger partial charge on any atom is -0.454 e. The largest absolute Gasteiger partial charge is 0.454 e. The summed E-state index contributed by atoms with van der Waals surface area (Å²) in [6.45, 7) is 1.50. The van der Waals surface area contributed by atoms with Gasteiger partial charge in [0.05, 0.1) is 19.2 Å². The van der Waals surface area contributed by atoms with Crippen LogP contribution < -0.4 is 15.1 Å². The molecule has 8 nitrogen and oxygen atoms in total. The Morgan fingerprint density at radius 2 is 2.32 bits per heavy atom. The monoisotopic (exact) mass is 345 g/mol. The number of aliphatic hydroxyl groups excluding tert-OH is 1. The van der Waals surface area contributed by atoms with Crippen LogP contribution in [0.15, 0.2) is 28.9 Å². The van der Waals surface area contributed by atoms with Crippen molar-refractivity contribution in [1.29, 1.82) is 0 Å². The molecule has 3 heterocycles. The second-order valence-corrected chi connectivity index (χ2v) is 6.11. The molecule has 1 saturated heterocycles. The molecule has 1 aliphatic rings. The number of carbonyl (C=O) groups is 1. The summed E-state index contributed by atoms with van der Waals surface area (Å²) in [6.07, 6.45) is 3.56. The zero-order valence-electron chi connectivity index (χ0n) is 14.5. The summed E-state index contributed by atoms with van der Waals surface area (Å²) < 4.78 is 5.55. The third-order valence-electron chi connectivity index (χ3n) is 4.42. The molecule has 1 amide bonds. The molecular formula is C17H23N5O3. The number of nitrogens with one attached hydrogen (secondary N) is 1. The predicted molar refractivity (Wildman–Crippen MR) is 93.7 cm³/mol. The third-order valence-corrected chi connectivity index (χ3v) is 4.42. The first kappa shape index (κ1) is 17.2. The third kappa shape index (κ3) is 3.74.